The topological polar surface area (TPSA) is 53.8 Å². The number of rotatable bonds is 3. The fourth-order valence-corrected chi connectivity index (χ4v) is 3.29. The van der Waals surface area contributed by atoms with Crippen LogP contribution in [0.4, 0.5) is 8.78 Å². The van der Waals surface area contributed by atoms with Gasteiger partial charge in [-0.15, -0.1) is 0 Å². The van der Waals surface area contributed by atoms with Crippen molar-refractivity contribution in [2.45, 2.75) is 0 Å². The first-order chi connectivity index (χ1) is 14.0. The largest absolute Gasteiger partial charge is 0.457 e. The van der Waals surface area contributed by atoms with Gasteiger partial charge < -0.3 is 14.2 Å². The van der Waals surface area contributed by atoms with Crippen molar-refractivity contribution in [1.29, 1.82) is 0 Å². The second-order valence-corrected chi connectivity index (χ2v) is 6.77. The number of nitrogens with zero attached hydrogens (tertiary/aromatic N) is 2. The lowest BCUT2D eigenvalue weighted by Crippen LogP contribution is -2.50. The van der Waals surface area contributed by atoms with E-state index in [2.05, 4.69) is 0 Å². The van der Waals surface area contributed by atoms with Crippen molar-refractivity contribution in [2.75, 3.05) is 26.2 Å². The average molecular weight is 396 g/mol. The lowest BCUT2D eigenvalue weighted by atomic mass is 10.1. The maximum atomic E-state index is 13.4. The quantitative estimate of drug-likeness (QED) is 0.635. The van der Waals surface area contributed by atoms with Crippen LogP contribution in [0.15, 0.2) is 59.0 Å². The third kappa shape index (κ3) is 4.03. The molecule has 1 fully saturated rings. The Labute approximate surface area is 165 Å². The molecule has 2 amide bonds. The number of amides is 2. The zero-order valence-corrected chi connectivity index (χ0v) is 15.5. The Morgan fingerprint density at radius 2 is 1.62 bits per heavy atom. The van der Waals surface area contributed by atoms with Gasteiger partial charge >= 0.3 is 0 Å². The van der Waals surface area contributed by atoms with Gasteiger partial charge in [-0.05, 0) is 36.4 Å². The van der Waals surface area contributed by atoms with E-state index in [9.17, 15) is 18.4 Å². The number of piperazine rings is 1. The molecule has 1 aliphatic rings. The molecule has 0 bridgehead atoms. The van der Waals surface area contributed by atoms with Gasteiger partial charge in [-0.2, -0.15) is 0 Å². The predicted octanol–water partition coefficient (Wildman–Crippen LogP) is 3.71. The summed E-state index contributed by atoms with van der Waals surface area (Å²) < 4.78 is 32.0. The number of carbonyl (C=O) groups is 2. The number of carbonyl (C=O) groups excluding carboxylic acids is 2. The van der Waals surface area contributed by atoms with Crippen LogP contribution in [0.1, 0.15) is 16.1 Å². The molecule has 0 N–H and O–H groups in total. The highest BCUT2D eigenvalue weighted by atomic mass is 19.2. The Morgan fingerprint density at radius 3 is 2.34 bits per heavy atom. The number of furan rings is 1. The van der Waals surface area contributed by atoms with Crippen LogP contribution in [0.2, 0.25) is 0 Å². The number of hydrogen-bond acceptors (Lipinski definition) is 3. The van der Waals surface area contributed by atoms with Crippen molar-refractivity contribution < 1.29 is 22.8 Å². The Hall–Kier alpha value is -3.48. The molecule has 7 heteroatoms. The number of fused-ring (bicyclic) bond motifs is 1. The van der Waals surface area contributed by atoms with E-state index in [-0.39, 0.29) is 17.4 Å². The summed E-state index contributed by atoms with van der Waals surface area (Å²) in [6.07, 6.45) is 3.08. The van der Waals surface area contributed by atoms with E-state index < -0.39 is 11.6 Å². The molecule has 5 nitrogen and oxygen atoms in total. The van der Waals surface area contributed by atoms with Crippen molar-refractivity contribution in [3.63, 3.8) is 0 Å². The van der Waals surface area contributed by atoms with Crippen molar-refractivity contribution in [2.24, 2.45) is 0 Å². The fourth-order valence-electron chi connectivity index (χ4n) is 3.29. The summed E-state index contributed by atoms with van der Waals surface area (Å²) in [5, 5.41) is 0.962. The molecule has 4 rings (SSSR count). The van der Waals surface area contributed by atoms with Crippen LogP contribution < -0.4 is 0 Å². The highest BCUT2D eigenvalue weighted by Crippen LogP contribution is 2.20. The van der Waals surface area contributed by atoms with Gasteiger partial charge in [0.25, 0.3) is 5.91 Å². The Morgan fingerprint density at radius 1 is 0.897 bits per heavy atom. The number of hydrogen-bond donors (Lipinski definition) is 0. The van der Waals surface area contributed by atoms with E-state index in [1.165, 1.54) is 17.0 Å². The molecule has 1 aromatic heterocycles. The minimum Gasteiger partial charge on any atom is -0.457 e. The van der Waals surface area contributed by atoms with E-state index in [4.69, 9.17) is 4.42 Å². The normalized spacial score (nSPS) is 14.7. The van der Waals surface area contributed by atoms with Crippen LogP contribution in [0.25, 0.3) is 17.0 Å². The third-order valence-corrected chi connectivity index (χ3v) is 4.88. The van der Waals surface area contributed by atoms with Crippen LogP contribution in [0.3, 0.4) is 0 Å². The summed E-state index contributed by atoms with van der Waals surface area (Å²) in [5.41, 5.74) is 0.845. The van der Waals surface area contributed by atoms with Crippen molar-refractivity contribution >= 4 is 28.9 Å². The maximum absolute atomic E-state index is 13.4. The molecule has 29 heavy (non-hydrogen) atoms. The first-order valence-corrected chi connectivity index (χ1v) is 9.21. The molecule has 0 unspecified atom stereocenters. The molecule has 2 aromatic carbocycles. The van der Waals surface area contributed by atoms with Crippen LogP contribution >= 0.6 is 0 Å². The first-order valence-electron chi connectivity index (χ1n) is 9.21. The van der Waals surface area contributed by atoms with Crippen LogP contribution in [-0.4, -0.2) is 47.8 Å². The highest BCUT2D eigenvalue weighted by Gasteiger charge is 2.24. The molecular weight excluding hydrogens is 378 g/mol. The minimum atomic E-state index is -1.06. The summed E-state index contributed by atoms with van der Waals surface area (Å²) in [6.45, 7) is 1.36. The second kappa shape index (κ2) is 7.87. The van der Waals surface area contributed by atoms with E-state index in [0.29, 0.717) is 31.9 Å². The first kappa shape index (κ1) is 18.9. The predicted molar refractivity (Wildman–Crippen MR) is 104 cm³/mol. The van der Waals surface area contributed by atoms with Crippen molar-refractivity contribution in [3.8, 4) is 0 Å². The van der Waals surface area contributed by atoms with Gasteiger partial charge in [0.05, 0.1) is 0 Å². The summed E-state index contributed by atoms with van der Waals surface area (Å²) in [5.74, 6) is -2.01. The Bertz CT molecular complexity index is 1070. The van der Waals surface area contributed by atoms with Gasteiger partial charge in [0.15, 0.2) is 11.6 Å². The van der Waals surface area contributed by atoms with Crippen molar-refractivity contribution in [3.05, 3.63) is 77.6 Å². The van der Waals surface area contributed by atoms with Gasteiger partial charge in [0.1, 0.15) is 11.3 Å². The average Bonchev–Trinajstić information content (AvgIpc) is 3.16. The summed E-state index contributed by atoms with van der Waals surface area (Å²) in [7, 11) is 0. The number of benzene rings is 2. The van der Waals surface area contributed by atoms with Gasteiger partial charge in [0.2, 0.25) is 5.91 Å². The molecule has 148 valence electrons. The minimum absolute atomic E-state index is 0.0912. The Balaban J connectivity index is 1.35. The maximum Gasteiger partial charge on any atom is 0.254 e. The third-order valence-electron chi connectivity index (χ3n) is 4.88. The lowest BCUT2D eigenvalue weighted by Gasteiger charge is -2.34. The molecule has 0 spiro atoms. The molecule has 0 aliphatic carbocycles. The van der Waals surface area contributed by atoms with Gasteiger partial charge in [-0.1, -0.05) is 18.2 Å². The second-order valence-electron chi connectivity index (χ2n) is 6.77. The SMILES string of the molecule is O=C(/C=C/c1cc2ccccc2o1)N1CCN(C(=O)c2ccc(F)c(F)c2)CC1. The van der Waals surface area contributed by atoms with Crippen LogP contribution in [0, 0.1) is 11.6 Å². The summed E-state index contributed by atoms with van der Waals surface area (Å²) in [6, 6.07) is 12.5. The fraction of sp³-hybridized carbons (Fsp3) is 0.182. The zero-order valence-electron chi connectivity index (χ0n) is 15.5. The van der Waals surface area contributed by atoms with Gasteiger partial charge in [-0.3, -0.25) is 9.59 Å². The molecule has 3 aromatic rings. The van der Waals surface area contributed by atoms with Gasteiger partial charge in [0, 0.05) is 43.2 Å². The summed E-state index contributed by atoms with van der Waals surface area (Å²) in [4.78, 5) is 28.0. The molecule has 2 heterocycles. The van der Waals surface area contributed by atoms with E-state index in [1.807, 2.05) is 30.3 Å². The van der Waals surface area contributed by atoms with E-state index in [1.54, 1.807) is 11.0 Å². The lowest BCUT2D eigenvalue weighted by molar-refractivity contribution is -0.127. The van der Waals surface area contributed by atoms with Crippen LogP contribution in [0.5, 0.6) is 0 Å². The molecule has 0 atom stereocenters. The molecule has 1 saturated heterocycles. The molecular formula is C22H18F2N2O3. The molecule has 1 aliphatic heterocycles. The standard InChI is InChI=1S/C22H18F2N2O3/c23-18-7-5-16(14-19(18)24)22(28)26-11-9-25(10-12-26)21(27)8-6-17-13-15-3-1-2-4-20(15)29-17/h1-8,13-14H,9-12H2/b8-6+. The van der Waals surface area contributed by atoms with Crippen molar-refractivity contribution in [1.82, 2.24) is 9.80 Å². The smallest absolute Gasteiger partial charge is 0.254 e. The summed E-state index contributed by atoms with van der Waals surface area (Å²) >= 11 is 0. The zero-order chi connectivity index (χ0) is 20.4. The monoisotopic (exact) mass is 396 g/mol. The van der Waals surface area contributed by atoms with Crippen LogP contribution in [-0.2, 0) is 4.79 Å². The van der Waals surface area contributed by atoms with Gasteiger partial charge in [-0.25, -0.2) is 8.78 Å². The highest BCUT2D eigenvalue weighted by molar-refractivity contribution is 5.95. The Kier molecular flexibility index (Phi) is 5.12. The van der Waals surface area contributed by atoms with E-state index >= 15 is 0 Å². The molecule has 0 radical (unpaired) electrons. The van der Waals surface area contributed by atoms with E-state index in [0.717, 1.165) is 23.1 Å². The number of halogens is 2. The molecule has 0 saturated carbocycles. The number of para-hydroxylation sites is 1.